The van der Waals surface area contributed by atoms with E-state index in [9.17, 15) is 13.6 Å². The number of amides is 1. The fourth-order valence-electron chi connectivity index (χ4n) is 5.56. The lowest BCUT2D eigenvalue weighted by atomic mass is 9.88. The monoisotopic (exact) mass is 584 g/mol. The number of imidazole rings is 1. The standard InChI is InChI=1S/C34H31F3N4O2/c35-23-12-8-21(9-13-23)27(22-10-14-24(36)15-11-22)18-33(42)39-29-7-3-4-28(37)26(29)17-16-25-19-38-32(20-43-25)34-40-30-5-1-2-6-31(30)41-34/h1-15,25,27,32,38H,16-20H2,(H,39,42)(H,40,41)/t25-,32?/m1/s1. The zero-order chi connectivity index (χ0) is 29.8. The van der Waals surface area contributed by atoms with Gasteiger partial charge >= 0.3 is 0 Å². The molecule has 1 unspecified atom stereocenters. The molecule has 0 radical (unpaired) electrons. The van der Waals surface area contributed by atoms with Crippen molar-refractivity contribution < 1.29 is 22.7 Å². The van der Waals surface area contributed by atoms with Crippen LogP contribution in [0.2, 0.25) is 0 Å². The maximum Gasteiger partial charge on any atom is 0.225 e. The first-order valence-corrected chi connectivity index (χ1v) is 14.3. The van der Waals surface area contributed by atoms with Crippen LogP contribution in [0, 0.1) is 17.5 Å². The summed E-state index contributed by atoms with van der Waals surface area (Å²) in [5.74, 6) is -1.15. The predicted octanol–water partition coefficient (Wildman–Crippen LogP) is 6.80. The van der Waals surface area contributed by atoms with E-state index in [1.54, 1.807) is 36.4 Å². The van der Waals surface area contributed by atoms with Gasteiger partial charge in [0.25, 0.3) is 0 Å². The second-order valence-corrected chi connectivity index (χ2v) is 10.8. The molecule has 4 aromatic carbocycles. The molecule has 43 heavy (non-hydrogen) atoms. The van der Waals surface area contributed by atoms with Crippen LogP contribution in [-0.4, -0.2) is 35.1 Å². The van der Waals surface area contributed by atoms with Crippen molar-refractivity contribution in [1.29, 1.82) is 0 Å². The van der Waals surface area contributed by atoms with Gasteiger partial charge in [-0.25, -0.2) is 18.2 Å². The zero-order valence-corrected chi connectivity index (χ0v) is 23.3. The lowest BCUT2D eigenvalue weighted by molar-refractivity contribution is -0.116. The lowest BCUT2D eigenvalue weighted by Crippen LogP contribution is -2.41. The molecule has 2 atom stereocenters. The Morgan fingerprint density at radius 2 is 1.60 bits per heavy atom. The highest BCUT2D eigenvalue weighted by molar-refractivity contribution is 5.92. The van der Waals surface area contributed by atoms with Gasteiger partial charge in [0, 0.05) is 30.1 Å². The van der Waals surface area contributed by atoms with E-state index >= 15 is 4.39 Å². The van der Waals surface area contributed by atoms with Gasteiger partial charge in [-0.15, -0.1) is 0 Å². The molecule has 1 aliphatic heterocycles. The molecule has 1 aliphatic rings. The molecule has 220 valence electrons. The summed E-state index contributed by atoms with van der Waals surface area (Å²) in [6.45, 7) is 1.01. The quantitative estimate of drug-likeness (QED) is 0.178. The molecule has 6 rings (SSSR count). The normalized spacial score (nSPS) is 16.9. The molecule has 1 aromatic heterocycles. The summed E-state index contributed by atoms with van der Waals surface area (Å²) < 4.78 is 48.3. The van der Waals surface area contributed by atoms with Crippen molar-refractivity contribution in [2.45, 2.75) is 37.3 Å². The zero-order valence-electron chi connectivity index (χ0n) is 23.3. The Balaban J connectivity index is 1.10. The Hall–Kier alpha value is -4.47. The summed E-state index contributed by atoms with van der Waals surface area (Å²) in [5.41, 5.74) is 4.09. The number of para-hydroxylation sites is 2. The first-order chi connectivity index (χ1) is 20.9. The van der Waals surface area contributed by atoms with Crippen LogP contribution >= 0.6 is 0 Å². The lowest BCUT2D eigenvalue weighted by Gasteiger charge is -2.29. The number of ether oxygens (including phenoxy) is 1. The van der Waals surface area contributed by atoms with E-state index in [-0.39, 0.29) is 24.5 Å². The molecule has 1 fully saturated rings. The number of anilines is 1. The largest absolute Gasteiger partial charge is 0.375 e. The third-order valence-corrected chi connectivity index (χ3v) is 7.87. The van der Waals surface area contributed by atoms with E-state index in [1.807, 2.05) is 24.3 Å². The highest BCUT2D eigenvalue weighted by Gasteiger charge is 2.26. The maximum absolute atomic E-state index is 15.0. The number of benzene rings is 4. The molecule has 6 nitrogen and oxygen atoms in total. The van der Waals surface area contributed by atoms with E-state index in [1.165, 1.54) is 30.3 Å². The average Bonchev–Trinajstić information content (AvgIpc) is 3.45. The molecular formula is C34H31F3N4O2. The number of aromatic nitrogens is 2. The van der Waals surface area contributed by atoms with Crippen LogP contribution in [0.4, 0.5) is 18.9 Å². The third kappa shape index (κ3) is 6.79. The number of aromatic amines is 1. The number of nitrogens with one attached hydrogen (secondary N) is 3. The first kappa shape index (κ1) is 28.6. The fraction of sp³-hybridized carbons (Fsp3) is 0.235. The smallest absolute Gasteiger partial charge is 0.225 e. The van der Waals surface area contributed by atoms with E-state index in [2.05, 4.69) is 20.6 Å². The summed E-state index contributed by atoms with van der Waals surface area (Å²) in [6, 6.07) is 24.2. The van der Waals surface area contributed by atoms with E-state index < -0.39 is 23.4 Å². The van der Waals surface area contributed by atoms with Gasteiger partial charge in [-0.3, -0.25) is 4.79 Å². The highest BCUT2D eigenvalue weighted by Crippen LogP contribution is 2.30. The number of nitrogens with zero attached hydrogens (tertiary/aromatic N) is 1. The van der Waals surface area contributed by atoms with Gasteiger partial charge in [-0.1, -0.05) is 42.5 Å². The maximum atomic E-state index is 15.0. The van der Waals surface area contributed by atoms with Gasteiger partial charge in [0.2, 0.25) is 5.91 Å². The minimum atomic E-state index is -0.445. The van der Waals surface area contributed by atoms with Crippen molar-refractivity contribution in [2.75, 3.05) is 18.5 Å². The van der Waals surface area contributed by atoms with Crippen LogP contribution in [-0.2, 0) is 16.0 Å². The summed E-state index contributed by atoms with van der Waals surface area (Å²) >= 11 is 0. The Morgan fingerprint density at radius 1 is 0.907 bits per heavy atom. The molecule has 2 heterocycles. The second-order valence-electron chi connectivity index (χ2n) is 10.8. The van der Waals surface area contributed by atoms with Gasteiger partial charge in [0.05, 0.1) is 29.8 Å². The minimum Gasteiger partial charge on any atom is -0.375 e. The molecule has 9 heteroatoms. The number of H-pyrrole nitrogens is 1. The number of carbonyl (C=O) groups is 1. The molecule has 5 aromatic rings. The molecule has 1 saturated heterocycles. The fourth-order valence-corrected chi connectivity index (χ4v) is 5.56. The summed E-state index contributed by atoms with van der Waals surface area (Å²) in [5, 5.41) is 6.35. The molecule has 3 N–H and O–H groups in total. The molecule has 1 amide bonds. The van der Waals surface area contributed by atoms with Crippen LogP contribution < -0.4 is 10.6 Å². The predicted molar refractivity (Wildman–Crippen MR) is 159 cm³/mol. The molecule has 0 aliphatic carbocycles. The first-order valence-electron chi connectivity index (χ1n) is 14.3. The number of hydrogen-bond acceptors (Lipinski definition) is 4. The van der Waals surface area contributed by atoms with Crippen molar-refractivity contribution in [1.82, 2.24) is 15.3 Å². The Bertz CT molecular complexity index is 1620. The number of fused-ring (bicyclic) bond motifs is 1. The van der Waals surface area contributed by atoms with Crippen molar-refractivity contribution in [3.05, 3.63) is 131 Å². The van der Waals surface area contributed by atoms with Crippen molar-refractivity contribution in [3.8, 4) is 0 Å². The van der Waals surface area contributed by atoms with Crippen LogP contribution in [0.15, 0.2) is 91.0 Å². The molecular weight excluding hydrogens is 553 g/mol. The van der Waals surface area contributed by atoms with Gasteiger partial charge in [-0.2, -0.15) is 0 Å². The molecule has 0 bridgehead atoms. The van der Waals surface area contributed by atoms with Crippen LogP contribution in [0.3, 0.4) is 0 Å². The number of halogens is 3. The van der Waals surface area contributed by atoms with Gasteiger partial charge < -0.3 is 20.4 Å². The second kappa shape index (κ2) is 12.8. The van der Waals surface area contributed by atoms with E-state index in [4.69, 9.17) is 4.74 Å². The van der Waals surface area contributed by atoms with Gasteiger partial charge in [0.1, 0.15) is 23.3 Å². The van der Waals surface area contributed by atoms with E-state index in [0.29, 0.717) is 48.4 Å². The molecule has 0 saturated carbocycles. The average molecular weight is 585 g/mol. The van der Waals surface area contributed by atoms with Crippen LogP contribution in [0.25, 0.3) is 11.0 Å². The summed E-state index contributed by atoms with van der Waals surface area (Å²) in [4.78, 5) is 21.3. The van der Waals surface area contributed by atoms with Crippen LogP contribution in [0.1, 0.15) is 47.3 Å². The number of hydrogen-bond donors (Lipinski definition) is 3. The number of carbonyl (C=O) groups excluding carboxylic acids is 1. The van der Waals surface area contributed by atoms with Crippen molar-refractivity contribution >= 4 is 22.6 Å². The van der Waals surface area contributed by atoms with Crippen molar-refractivity contribution in [3.63, 3.8) is 0 Å². The van der Waals surface area contributed by atoms with Gasteiger partial charge in [-0.05, 0) is 72.5 Å². The number of morpholine rings is 1. The third-order valence-electron chi connectivity index (χ3n) is 7.87. The molecule has 0 spiro atoms. The summed E-state index contributed by atoms with van der Waals surface area (Å²) in [6.07, 6.45) is 0.789. The van der Waals surface area contributed by atoms with Crippen LogP contribution in [0.5, 0.6) is 0 Å². The Kier molecular flexibility index (Phi) is 8.53. The highest BCUT2D eigenvalue weighted by atomic mass is 19.1. The Morgan fingerprint density at radius 3 is 2.26 bits per heavy atom. The minimum absolute atomic E-state index is 0.00600. The van der Waals surface area contributed by atoms with Crippen molar-refractivity contribution in [2.24, 2.45) is 0 Å². The van der Waals surface area contributed by atoms with E-state index in [0.717, 1.165) is 16.9 Å². The SMILES string of the molecule is O=C(CC(c1ccc(F)cc1)c1ccc(F)cc1)Nc1cccc(F)c1CC[C@@H]1CNC(c2nc3ccccc3[nH]2)CO1. The van der Waals surface area contributed by atoms with Gasteiger partial charge in [0.15, 0.2) is 0 Å². The summed E-state index contributed by atoms with van der Waals surface area (Å²) in [7, 11) is 0. The Labute approximate surface area is 247 Å². The topological polar surface area (TPSA) is 79.0 Å². The number of rotatable bonds is 9.